The van der Waals surface area contributed by atoms with Crippen LogP contribution < -0.4 is 0 Å². The zero-order valence-electron chi connectivity index (χ0n) is 26.7. The van der Waals surface area contributed by atoms with Crippen LogP contribution in [0.4, 0.5) is 4.39 Å². The lowest BCUT2D eigenvalue weighted by Crippen LogP contribution is -2.41. The van der Waals surface area contributed by atoms with Gasteiger partial charge in [0.15, 0.2) is 5.82 Å². The molecule has 0 radical (unpaired) electrons. The fraction of sp³-hybridized carbons (Fsp3) is 0.333. The van der Waals surface area contributed by atoms with Crippen LogP contribution in [0.25, 0.3) is 11.0 Å². The first-order chi connectivity index (χ1) is 23.3. The molecule has 2 atom stereocenters. The van der Waals surface area contributed by atoms with Crippen molar-refractivity contribution in [1.29, 1.82) is 0 Å². The molecule has 2 aliphatic heterocycles. The van der Waals surface area contributed by atoms with Crippen molar-refractivity contribution in [3.8, 4) is 0 Å². The zero-order valence-corrected chi connectivity index (χ0v) is 28.3. The van der Waals surface area contributed by atoms with E-state index in [1.165, 1.54) is 17.7 Å². The average molecular weight is 686 g/mol. The fourth-order valence-electron chi connectivity index (χ4n) is 7.55. The lowest BCUT2D eigenvalue weighted by molar-refractivity contribution is 0.0327. The topological polar surface area (TPSA) is 61.6 Å². The summed E-state index contributed by atoms with van der Waals surface area (Å²) in [5.74, 6) is 0.129. The van der Waals surface area contributed by atoms with Crippen LogP contribution in [0.5, 0.6) is 0 Å². The standard InChI is InChI=1S/C39H39Cl2FN4O2/c40-32-15-12-30(22-33(32)41)39(23-36(47)45(26-39)24-27-6-2-1-3-7-27)18-21-44-19-16-29(17-20-44)37(48)38-43-34-8-4-5-9-35(34)46(38)25-28-10-13-31(42)14-11-28/h1-15,22,29,36,47H,16-21,23-26H2. The van der Waals surface area contributed by atoms with Gasteiger partial charge < -0.3 is 14.6 Å². The second kappa shape index (κ2) is 14.1. The number of likely N-dealkylation sites (tertiary alicyclic amines) is 2. The van der Waals surface area contributed by atoms with Gasteiger partial charge in [-0.1, -0.05) is 83.9 Å². The number of carbonyl (C=O) groups is 1. The number of hydrogen-bond donors (Lipinski definition) is 1. The Hall–Kier alpha value is -3.59. The molecule has 4 aromatic carbocycles. The number of aliphatic hydroxyl groups is 1. The third-order valence-corrected chi connectivity index (χ3v) is 11.0. The number of aromatic nitrogens is 2. The summed E-state index contributed by atoms with van der Waals surface area (Å²) < 4.78 is 15.6. The Kier molecular flexibility index (Phi) is 9.67. The quantitative estimate of drug-likeness (QED) is 0.151. The maximum absolute atomic E-state index is 14.0. The monoisotopic (exact) mass is 684 g/mol. The molecule has 3 heterocycles. The van der Waals surface area contributed by atoms with Gasteiger partial charge in [0.2, 0.25) is 5.78 Å². The van der Waals surface area contributed by atoms with Crippen LogP contribution in [0.2, 0.25) is 10.0 Å². The molecule has 48 heavy (non-hydrogen) atoms. The van der Waals surface area contributed by atoms with Crippen molar-refractivity contribution in [3.05, 3.63) is 135 Å². The first kappa shape index (κ1) is 32.9. The van der Waals surface area contributed by atoms with Gasteiger partial charge in [0.25, 0.3) is 0 Å². The SMILES string of the molecule is O=C(c1nc2ccccc2n1Cc1ccc(F)cc1)C1CCN(CCC2(c3ccc(Cl)c(Cl)c3)CC(O)N(Cc3ccccc3)C2)CC1. The van der Waals surface area contributed by atoms with Gasteiger partial charge in [-0.05, 0) is 98.4 Å². The van der Waals surface area contributed by atoms with Crippen molar-refractivity contribution < 1.29 is 14.3 Å². The first-order valence-corrected chi connectivity index (χ1v) is 17.4. The van der Waals surface area contributed by atoms with Crippen molar-refractivity contribution in [2.45, 2.75) is 50.4 Å². The van der Waals surface area contributed by atoms with Gasteiger partial charge in [-0.2, -0.15) is 0 Å². The number of nitrogens with zero attached hydrogens (tertiary/aromatic N) is 4. The molecule has 248 valence electrons. The smallest absolute Gasteiger partial charge is 0.201 e. The van der Waals surface area contributed by atoms with Gasteiger partial charge in [-0.25, -0.2) is 9.37 Å². The maximum Gasteiger partial charge on any atom is 0.201 e. The second-order valence-corrected chi connectivity index (χ2v) is 14.2. The number of aliphatic hydroxyl groups excluding tert-OH is 1. The van der Waals surface area contributed by atoms with Gasteiger partial charge in [0, 0.05) is 31.0 Å². The minimum Gasteiger partial charge on any atom is -0.378 e. The number of benzene rings is 4. The zero-order chi connectivity index (χ0) is 33.3. The highest BCUT2D eigenvalue weighted by Crippen LogP contribution is 2.43. The van der Waals surface area contributed by atoms with Gasteiger partial charge in [-0.3, -0.25) is 9.69 Å². The molecule has 2 fully saturated rings. The summed E-state index contributed by atoms with van der Waals surface area (Å²) in [6.07, 6.45) is 2.38. The largest absolute Gasteiger partial charge is 0.378 e. The molecule has 1 aromatic heterocycles. The van der Waals surface area contributed by atoms with Crippen LogP contribution in [-0.4, -0.2) is 62.6 Å². The van der Waals surface area contributed by atoms with E-state index in [-0.39, 0.29) is 22.9 Å². The van der Waals surface area contributed by atoms with Crippen molar-refractivity contribution in [2.75, 3.05) is 26.2 Å². The molecule has 9 heteroatoms. The summed E-state index contributed by atoms with van der Waals surface area (Å²) in [5, 5.41) is 12.3. The molecule has 0 bridgehead atoms. The summed E-state index contributed by atoms with van der Waals surface area (Å²) in [6, 6.07) is 30.3. The number of hydrogen-bond acceptors (Lipinski definition) is 5. The summed E-state index contributed by atoms with van der Waals surface area (Å²) in [5.41, 5.74) is 4.57. The molecule has 2 aliphatic rings. The molecule has 5 aromatic rings. The van der Waals surface area contributed by atoms with Crippen LogP contribution in [0.1, 0.15) is 53.0 Å². The Labute approximate surface area is 290 Å². The molecule has 2 saturated heterocycles. The number of halogens is 3. The van der Waals surface area contributed by atoms with Crippen molar-refractivity contribution in [2.24, 2.45) is 5.92 Å². The van der Waals surface area contributed by atoms with Crippen LogP contribution >= 0.6 is 23.2 Å². The molecular weight excluding hydrogens is 646 g/mol. The number of para-hydroxylation sites is 2. The first-order valence-electron chi connectivity index (χ1n) is 16.7. The van der Waals surface area contributed by atoms with Crippen LogP contribution in [0.3, 0.4) is 0 Å². The normalized spacial score (nSPS) is 20.9. The van der Waals surface area contributed by atoms with Crippen LogP contribution in [0, 0.1) is 11.7 Å². The van der Waals surface area contributed by atoms with E-state index in [1.54, 1.807) is 12.1 Å². The third-order valence-electron chi connectivity index (χ3n) is 10.3. The summed E-state index contributed by atoms with van der Waals surface area (Å²) in [6.45, 7) is 4.29. The molecule has 0 aliphatic carbocycles. The highest BCUT2D eigenvalue weighted by atomic mass is 35.5. The van der Waals surface area contributed by atoms with E-state index in [2.05, 4.69) is 28.0 Å². The number of Topliss-reactive ketones (excluding diaryl/α,β-unsaturated/α-hetero) is 1. The second-order valence-electron chi connectivity index (χ2n) is 13.4. The Morgan fingerprint density at radius 1 is 0.875 bits per heavy atom. The highest BCUT2D eigenvalue weighted by molar-refractivity contribution is 6.42. The predicted octanol–water partition coefficient (Wildman–Crippen LogP) is 7.98. The number of fused-ring (bicyclic) bond motifs is 1. The number of ketones is 1. The number of piperidine rings is 1. The Balaban J connectivity index is 1.04. The van der Waals surface area contributed by atoms with E-state index < -0.39 is 6.23 Å². The van der Waals surface area contributed by atoms with Gasteiger partial charge in [0.1, 0.15) is 12.0 Å². The molecule has 0 spiro atoms. The average Bonchev–Trinajstić information content (AvgIpc) is 3.63. The molecule has 6 nitrogen and oxygen atoms in total. The Morgan fingerprint density at radius 2 is 1.58 bits per heavy atom. The lowest BCUT2D eigenvalue weighted by Gasteiger charge is -2.36. The van der Waals surface area contributed by atoms with E-state index in [1.807, 2.05) is 59.2 Å². The van der Waals surface area contributed by atoms with E-state index in [0.717, 1.165) is 61.1 Å². The minimum atomic E-state index is -0.572. The molecule has 0 saturated carbocycles. The van der Waals surface area contributed by atoms with E-state index in [9.17, 15) is 14.3 Å². The van der Waals surface area contributed by atoms with Gasteiger partial charge in [-0.15, -0.1) is 0 Å². The predicted molar refractivity (Wildman–Crippen MR) is 189 cm³/mol. The van der Waals surface area contributed by atoms with Crippen molar-refractivity contribution in [1.82, 2.24) is 19.4 Å². The van der Waals surface area contributed by atoms with E-state index in [4.69, 9.17) is 28.2 Å². The maximum atomic E-state index is 14.0. The summed E-state index contributed by atoms with van der Waals surface area (Å²) in [4.78, 5) is 23.4. The van der Waals surface area contributed by atoms with E-state index >= 15 is 0 Å². The lowest BCUT2D eigenvalue weighted by atomic mass is 9.76. The van der Waals surface area contributed by atoms with Crippen molar-refractivity contribution >= 4 is 40.0 Å². The number of carbonyl (C=O) groups excluding carboxylic acids is 1. The Bertz CT molecular complexity index is 1890. The highest BCUT2D eigenvalue weighted by Gasteiger charge is 2.45. The van der Waals surface area contributed by atoms with Gasteiger partial charge in [0.05, 0.1) is 21.1 Å². The molecule has 2 unspecified atom stereocenters. The van der Waals surface area contributed by atoms with E-state index in [0.29, 0.717) is 41.9 Å². The fourth-order valence-corrected chi connectivity index (χ4v) is 7.84. The number of rotatable bonds is 10. The van der Waals surface area contributed by atoms with Crippen LogP contribution in [-0.2, 0) is 18.5 Å². The Morgan fingerprint density at radius 3 is 2.33 bits per heavy atom. The minimum absolute atomic E-state index is 0.0655. The molecular formula is C39H39Cl2FN4O2. The molecule has 1 N–H and O–H groups in total. The van der Waals surface area contributed by atoms with Crippen LogP contribution in [0.15, 0.2) is 97.1 Å². The van der Waals surface area contributed by atoms with Gasteiger partial charge >= 0.3 is 0 Å². The summed E-state index contributed by atoms with van der Waals surface area (Å²) in [7, 11) is 0. The molecule has 0 amide bonds. The number of imidazole rings is 1. The molecule has 7 rings (SSSR count). The van der Waals surface area contributed by atoms with Crippen molar-refractivity contribution in [3.63, 3.8) is 0 Å². The third kappa shape index (κ3) is 6.93. The summed E-state index contributed by atoms with van der Waals surface area (Å²) >= 11 is 12.8.